The third-order valence-electron chi connectivity index (χ3n) is 4.89. The van der Waals surface area contributed by atoms with Gasteiger partial charge in [0.05, 0.1) is 28.4 Å². The molecule has 1 aliphatic rings. The number of fused-ring (bicyclic) bond motifs is 2. The molecule has 14 heteroatoms. The second-order valence-corrected chi connectivity index (χ2v) is 9.03. The van der Waals surface area contributed by atoms with Gasteiger partial charge in [0.2, 0.25) is 0 Å². The van der Waals surface area contributed by atoms with E-state index in [9.17, 15) is 40.0 Å². The van der Waals surface area contributed by atoms with Gasteiger partial charge in [-0.2, -0.15) is 18.4 Å². The highest BCUT2D eigenvalue weighted by molar-refractivity contribution is 7.92. The van der Waals surface area contributed by atoms with Crippen LogP contribution >= 0.6 is 0 Å². The number of benzene rings is 2. The van der Waals surface area contributed by atoms with Crippen LogP contribution in [0, 0.1) is 11.3 Å². The Bertz CT molecular complexity index is 1430. The first kappa shape index (κ1) is 24.1. The highest BCUT2D eigenvalue weighted by Crippen LogP contribution is 2.41. The van der Waals surface area contributed by atoms with E-state index in [1.54, 1.807) is 0 Å². The lowest BCUT2D eigenvalue weighted by molar-refractivity contribution is -0.274. The number of alkyl halides is 6. The van der Waals surface area contributed by atoms with Crippen molar-refractivity contribution in [2.45, 2.75) is 24.0 Å². The van der Waals surface area contributed by atoms with Crippen LogP contribution in [0.15, 0.2) is 59.5 Å². The number of aromatic nitrogens is 1. The van der Waals surface area contributed by atoms with Gasteiger partial charge < -0.3 is 10.1 Å². The minimum Gasteiger partial charge on any atom is -0.406 e. The fourth-order valence-corrected chi connectivity index (χ4v) is 4.87. The summed E-state index contributed by atoms with van der Waals surface area (Å²) >= 11 is 0. The largest absolute Gasteiger partial charge is 0.573 e. The van der Waals surface area contributed by atoms with Crippen LogP contribution in [0.25, 0.3) is 0 Å². The summed E-state index contributed by atoms with van der Waals surface area (Å²) in [5.41, 5.74) is -1.41. The summed E-state index contributed by atoms with van der Waals surface area (Å²) in [5, 5.41) is 12.2. The van der Waals surface area contributed by atoms with E-state index in [0.717, 1.165) is 34.6 Å². The molecule has 3 aromatic rings. The van der Waals surface area contributed by atoms with Gasteiger partial charge in [-0.3, -0.25) is 4.31 Å². The molecule has 0 aliphatic carbocycles. The zero-order chi connectivity index (χ0) is 25.6. The molecule has 0 amide bonds. The number of sulfonamides is 1. The molecular weight excluding hydrogens is 502 g/mol. The van der Waals surface area contributed by atoms with Crippen LogP contribution in [0.5, 0.6) is 5.75 Å². The second-order valence-electron chi connectivity index (χ2n) is 7.17. The van der Waals surface area contributed by atoms with Crippen molar-refractivity contribution in [3.05, 3.63) is 71.4 Å². The molecule has 2 heterocycles. The summed E-state index contributed by atoms with van der Waals surface area (Å²) in [6, 6.07) is 11.0. The van der Waals surface area contributed by atoms with Gasteiger partial charge in [-0.25, -0.2) is 13.4 Å². The smallest absolute Gasteiger partial charge is 0.406 e. The zero-order valence-corrected chi connectivity index (χ0v) is 18.0. The van der Waals surface area contributed by atoms with Crippen LogP contribution in [0.4, 0.5) is 43.5 Å². The van der Waals surface area contributed by atoms with Gasteiger partial charge in [0.15, 0.2) is 0 Å². The van der Waals surface area contributed by atoms with Gasteiger partial charge in [0.25, 0.3) is 10.0 Å². The standard InChI is InChI=1S/C21H12F6N4O3S/c22-20(23,24)17-9-4-13-11-31(18-12(10-28)2-1-3-16(18)29-19(13)30-17)35(32,33)15-7-5-14(6-8-15)34-21(25,26)27/h1-9H,11H2,(H,29,30). The summed E-state index contributed by atoms with van der Waals surface area (Å²) in [6.07, 6.45) is -9.74. The number of rotatable bonds is 3. The van der Waals surface area contributed by atoms with Crippen molar-refractivity contribution in [2.75, 3.05) is 9.62 Å². The fraction of sp³-hybridized carbons (Fsp3) is 0.143. The predicted octanol–water partition coefficient (Wildman–Crippen LogP) is 5.32. The Hall–Kier alpha value is -3.99. The van der Waals surface area contributed by atoms with Crippen LogP contribution in [0.3, 0.4) is 0 Å². The lowest BCUT2D eigenvalue weighted by Crippen LogP contribution is -2.31. The molecule has 0 atom stereocenters. The Labute approximate surface area is 194 Å². The van der Waals surface area contributed by atoms with Gasteiger partial charge in [-0.15, -0.1) is 13.2 Å². The monoisotopic (exact) mass is 514 g/mol. The van der Waals surface area contributed by atoms with Crippen molar-refractivity contribution < 1.29 is 39.5 Å². The van der Waals surface area contributed by atoms with E-state index >= 15 is 0 Å². The first-order valence-corrected chi connectivity index (χ1v) is 11.0. The minimum absolute atomic E-state index is 0.00442. The van der Waals surface area contributed by atoms with Crippen molar-refractivity contribution in [1.29, 1.82) is 5.26 Å². The number of nitriles is 1. The van der Waals surface area contributed by atoms with Crippen molar-refractivity contribution in [2.24, 2.45) is 0 Å². The summed E-state index contributed by atoms with van der Waals surface area (Å²) in [5.74, 6) is -0.913. The lowest BCUT2D eigenvalue weighted by atomic mass is 10.1. The Kier molecular flexibility index (Phi) is 5.76. The molecule has 2 aromatic carbocycles. The van der Waals surface area contributed by atoms with Crippen molar-refractivity contribution in [1.82, 2.24) is 4.98 Å². The Morgan fingerprint density at radius 2 is 1.69 bits per heavy atom. The molecule has 35 heavy (non-hydrogen) atoms. The molecule has 4 rings (SSSR count). The highest BCUT2D eigenvalue weighted by Gasteiger charge is 2.36. The number of hydrogen-bond acceptors (Lipinski definition) is 6. The first-order chi connectivity index (χ1) is 16.3. The molecular formula is C21H12F6N4O3S. The summed E-state index contributed by atoms with van der Waals surface area (Å²) in [4.78, 5) is 3.13. The number of pyridine rings is 1. The van der Waals surface area contributed by atoms with Crippen LogP contribution in [0.1, 0.15) is 16.8 Å². The van der Waals surface area contributed by atoms with Crippen LogP contribution in [0.2, 0.25) is 0 Å². The molecule has 1 aromatic heterocycles. The number of halogens is 6. The summed E-state index contributed by atoms with van der Waals surface area (Å²) < 4.78 is 108. The Balaban J connectivity index is 1.84. The van der Waals surface area contributed by atoms with Crippen molar-refractivity contribution in [3.63, 3.8) is 0 Å². The summed E-state index contributed by atoms with van der Waals surface area (Å²) in [6.45, 7) is -0.512. The maximum Gasteiger partial charge on any atom is 0.573 e. The van der Waals surface area contributed by atoms with Gasteiger partial charge in [-0.05, 0) is 42.5 Å². The van der Waals surface area contributed by atoms with E-state index in [1.807, 2.05) is 6.07 Å². The molecule has 0 saturated carbocycles. The normalized spacial score (nSPS) is 13.7. The quantitative estimate of drug-likeness (QED) is 0.476. The molecule has 1 aliphatic heterocycles. The van der Waals surface area contributed by atoms with Crippen LogP contribution < -0.4 is 14.4 Å². The molecule has 0 radical (unpaired) electrons. The third kappa shape index (κ3) is 4.80. The highest BCUT2D eigenvalue weighted by atomic mass is 32.2. The molecule has 0 bridgehead atoms. The van der Waals surface area contributed by atoms with E-state index in [4.69, 9.17) is 0 Å². The Morgan fingerprint density at radius 1 is 1.00 bits per heavy atom. The van der Waals surface area contributed by atoms with E-state index < -0.39 is 45.4 Å². The SMILES string of the molecule is N#Cc1cccc2c1N(S(=O)(=O)c1ccc(OC(F)(F)F)cc1)Cc1ccc(C(F)(F)F)nc1N2. The van der Waals surface area contributed by atoms with Crippen LogP contribution in [-0.4, -0.2) is 19.8 Å². The van der Waals surface area contributed by atoms with Crippen LogP contribution in [-0.2, 0) is 22.7 Å². The predicted molar refractivity (Wildman–Crippen MR) is 110 cm³/mol. The molecule has 0 unspecified atom stereocenters. The van der Waals surface area contributed by atoms with Gasteiger partial charge in [0, 0.05) is 5.56 Å². The van der Waals surface area contributed by atoms with E-state index in [0.29, 0.717) is 6.07 Å². The van der Waals surface area contributed by atoms with Crippen molar-refractivity contribution >= 4 is 27.2 Å². The summed E-state index contributed by atoms with van der Waals surface area (Å²) in [7, 11) is -4.52. The molecule has 182 valence electrons. The first-order valence-electron chi connectivity index (χ1n) is 9.55. The average Bonchev–Trinajstić information content (AvgIpc) is 2.94. The van der Waals surface area contributed by atoms with Crippen molar-refractivity contribution in [3.8, 4) is 11.8 Å². The van der Waals surface area contributed by atoms with E-state index in [-0.39, 0.29) is 28.3 Å². The number of nitrogens with one attached hydrogen (secondary N) is 1. The average molecular weight is 514 g/mol. The number of para-hydroxylation sites is 1. The molecule has 7 nitrogen and oxygen atoms in total. The number of anilines is 3. The molecule has 0 saturated heterocycles. The molecule has 0 spiro atoms. The Morgan fingerprint density at radius 3 is 2.29 bits per heavy atom. The zero-order valence-electron chi connectivity index (χ0n) is 17.1. The maximum absolute atomic E-state index is 13.5. The number of nitrogens with zero attached hydrogens (tertiary/aromatic N) is 3. The lowest BCUT2D eigenvalue weighted by Gasteiger charge is -2.25. The van der Waals surface area contributed by atoms with E-state index in [2.05, 4.69) is 15.0 Å². The van der Waals surface area contributed by atoms with Gasteiger partial charge >= 0.3 is 12.5 Å². The molecule has 1 N–H and O–H groups in total. The third-order valence-corrected chi connectivity index (χ3v) is 6.65. The number of ether oxygens (including phenoxy) is 1. The minimum atomic E-state index is -4.98. The topological polar surface area (TPSA) is 95.3 Å². The maximum atomic E-state index is 13.5. The van der Waals surface area contributed by atoms with Gasteiger partial charge in [-0.1, -0.05) is 12.1 Å². The molecule has 0 fully saturated rings. The fourth-order valence-electron chi connectivity index (χ4n) is 3.39. The van der Waals surface area contributed by atoms with Gasteiger partial charge in [0.1, 0.15) is 23.3 Å². The van der Waals surface area contributed by atoms with E-state index in [1.165, 1.54) is 18.2 Å². The second kappa shape index (κ2) is 8.35. The number of hydrogen-bond donors (Lipinski definition) is 1.